The molecule has 10 aromatic carbocycles. The summed E-state index contributed by atoms with van der Waals surface area (Å²) in [4.78, 5) is 2.15. The Morgan fingerprint density at radius 3 is 1.32 bits per heavy atom. The average Bonchev–Trinajstić information content (AvgIpc) is 1.47. The predicted octanol–water partition coefficient (Wildman–Crippen LogP) is 20.7. The molecule has 1 saturated carbocycles. The number of hydrogen-bond donors (Lipinski definition) is 1. The minimum atomic E-state index is -0.750. The van der Waals surface area contributed by atoms with E-state index in [1.165, 1.54) is 23.1 Å². The Hall–Kier alpha value is -8.68. The zero-order valence-corrected chi connectivity index (χ0v) is 69.4. The molecule has 5 heterocycles. The van der Waals surface area contributed by atoms with E-state index in [0.717, 1.165) is 66.4 Å². The van der Waals surface area contributed by atoms with Crippen LogP contribution in [0.3, 0.4) is 0 Å². The Labute approximate surface area is 664 Å². The van der Waals surface area contributed by atoms with Gasteiger partial charge in [0.15, 0.2) is 16.8 Å². The molecule has 14 aromatic rings. The molecule has 1 fully saturated rings. The summed E-state index contributed by atoms with van der Waals surface area (Å²) in [6, 6.07) is 98.2. The first-order chi connectivity index (χ1) is 49.9. The largest absolute Gasteiger partial charge is 1.00 e. The van der Waals surface area contributed by atoms with Gasteiger partial charge >= 0.3 is 29.6 Å². The molecule has 3 atom stereocenters. The monoisotopic (exact) mass is 1510 g/mol. The maximum atomic E-state index is 10.1. The number of hydrogen-bond acceptors (Lipinski definition) is 7. The van der Waals surface area contributed by atoms with E-state index < -0.39 is 5.60 Å². The number of halogens is 2. The number of rotatable bonds is 8. The van der Waals surface area contributed by atoms with Crippen molar-refractivity contribution in [3.8, 4) is 22.7 Å². The molecule has 0 radical (unpaired) electrons. The van der Waals surface area contributed by atoms with Gasteiger partial charge in [0.05, 0.1) is 33.8 Å². The molecule has 4 aromatic heterocycles. The molecule has 16 rings (SSSR count). The number of nitrogens with two attached hydrogens (primary N) is 1. The molecule has 2 aliphatic rings. The van der Waals surface area contributed by atoms with Gasteiger partial charge in [0.2, 0.25) is 0 Å². The summed E-state index contributed by atoms with van der Waals surface area (Å²) in [7, 11) is -0.184. The molecule has 0 saturated heterocycles. The van der Waals surface area contributed by atoms with Crippen LogP contribution in [0, 0.1) is 0 Å². The van der Waals surface area contributed by atoms with Gasteiger partial charge in [-0.1, -0.05) is 315 Å². The Morgan fingerprint density at radius 1 is 0.453 bits per heavy atom. The van der Waals surface area contributed by atoms with Crippen LogP contribution in [-0.2, 0) is 21.4 Å². The zero-order valence-electron chi connectivity index (χ0n) is 64.2. The molecule has 0 spiro atoms. The fourth-order valence-electron chi connectivity index (χ4n) is 14.5. The molecular formula is C91H98BrClN10NaOP. The van der Waals surface area contributed by atoms with E-state index in [1.54, 1.807) is 42.6 Å². The van der Waals surface area contributed by atoms with Crippen LogP contribution < -0.4 is 45.3 Å². The van der Waals surface area contributed by atoms with Crippen molar-refractivity contribution in [2.24, 2.45) is 0 Å². The average molecular weight is 1520 g/mol. The van der Waals surface area contributed by atoms with Crippen molar-refractivity contribution in [3.63, 3.8) is 0 Å². The quantitative estimate of drug-likeness (QED) is 0.119. The van der Waals surface area contributed by atoms with Crippen molar-refractivity contribution in [1.29, 1.82) is 0 Å². The molecule has 15 heteroatoms. The van der Waals surface area contributed by atoms with Gasteiger partial charge in [0.1, 0.15) is 5.82 Å². The second-order valence-electron chi connectivity index (χ2n) is 31.5. The third kappa shape index (κ3) is 18.3. The van der Waals surface area contributed by atoms with E-state index in [0.29, 0.717) is 21.3 Å². The number of nitrogen functional groups attached to an aromatic ring is 1. The second-order valence-corrected chi connectivity index (χ2v) is 36.8. The number of benzene rings is 10. The van der Waals surface area contributed by atoms with Gasteiger partial charge in [-0.25, -0.2) is 18.7 Å². The van der Waals surface area contributed by atoms with Crippen LogP contribution in [0.25, 0.3) is 44.6 Å². The van der Waals surface area contributed by atoms with Crippen LogP contribution in [0.1, 0.15) is 138 Å². The molecule has 0 amide bonds. The van der Waals surface area contributed by atoms with Gasteiger partial charge in [-0.15, -0.1) is 15.8 Å². The van der Waals surface area contributed by atoms with Crippen LogP contribution in [0.5, 0.6) is 0 Å². The van der Waals surface area contributed by atoms with Crippen molar-refractivity contribution in [2.75, 3.05) is 10.6 Å². The molecule has 0 bridgehead atoms. The van der Waals surface area contributed by atoms with Gasteiger partial charge in [-0.05, 0) is 147 Å². The molecule has 1 aliphatic heterocycles. The molecule has 1 aliphatic carbocycles. The first-order valence-electron chi connectivity index (χ1n) is 35.9. The van der Waals surface area contributed by atoms with Crippen molar-refractivity contribution >= 4 is 80.4 Å². The minimum Gasteiger partial charge on any atom is -0.850 e. The standard InChI is InChI=1S/C32H29N5.C23H29P.C13H9ClN2.C10H13Br.C9H9N3.C4H9O.Na/c1-32(2,3)24-18-20-26(21-19-24)36(30-22-23-35(33-30)25-12-6-4-7-13-25)31-28-16-10-11-17-29(28)37(34-31)27-14-8-5-9-15-27;1-20(2,3)24-21(4,5)18-14-10-11-15-19(18)23(16-22(23,24)6)17-12-8-7-9-13-17;14-13-11-8-4-5-9-12(11)16(15-13)10-6-2-1-3-7-10;1-10(2,3)8-4-6-9(11)7-5-8;10-9-6-7-12(11-9)8-4-2-1-3-5-8;1-4(2,3)5;/h4-23H,1-3H3;7-15H,16H2,1-6H3;1-9H;4-7H,1-3H3;1-7H,(H2,10,11);1-3H3;/q;;;;;-1;+1. The summed E-state index contributed by atoms with van der Waals surface area (Å²) in [6.07, 6.45) is 5.13. The van der Waals surface area contributed by atoms with Crippen molar-refractivity contribution in [3.05, 3.63) is 335 Å². The predicted molar refractivity (Wildman–Crippen MR) is 445 cm³/mol. The number of anilines is 4. The Kier molecular flexibility index (Phi) is 25.0. The van der Waals surface area contributed by atoms with Crippen molar-refractivity contribution < 1.29 is 34.7 Å². The van der Waals surface area contributed by atoms with Crippen molar-refractivity contribution in [2.45, 2.75) is 148 Å². The van der Waals surface area contributed by atoms with E-state index in [-0.39, 0.29) is 58.9 Å². The zero-order chi connectivity index (χ0) is 75.1. The molecule has 538 valence electrons. The SMILES string of the molecule is CC(C)(C)P1C(C)(C)c2ccccc2C2(c3ccccc3)CC12C.CC(C)(C)[O-].CC(C)(C)c1ccc(Br)cc1.CC(C)(C)c1ccc(N(c2ccn(-c3ccccc3)n2)c2nn(-c3ccccc3)c3ccccc23)cc1.Clc1nn(-c2ccccc2)c2ccccc12.Nc1ccn(-c2ccccc2)n1.[Na+]. The summed E-state index contributed by atoms with van der Waals surface area (Å²) in [5.74, 6) is 2.18. The summed E-state index contributed by atoms with van der Waals surface area (Å²) in [6.45, 7) is 33.2. The van der Waals surface area contributed by atoms with E-state index in [9.17, 15) is 5.11 Å². The smallest absolute Gasteiger partial charge is 0.850 e. The topological polar surface area (TPSA) is 124 Å². The Morgan fingerprint density at radius 2 is 0.849 bits per heavy atom. The van der Waals surface area contributed by atoms with Gasteiger partial charge in [0.25, 0.3) is 0 Å². The maximum absolute atomic E-state index is 10.1. The van der Waals surface area contributed by atoms with Crippen LogP contribution >= 0.6 is 35.5 Å². The van der Waals surface area contributed by atoms with Crippen molar-refractivity contribution in [1.82, 2.24) is 39.1 Å². The maximum Gasteiger partial charge on any atom is 1.00 e. The van der Waals surface area contributed by atoms with Crippen LogP contribution in [0.2, 0.25) is 5.15 Å². The van der Waals surface area contributed by atoms with E-state index >= 15 is 0 Å². The first-order valence-corrected chi connectivity index (χ1v) is 38.4. The summed E-state index contributed by atoms with van der Waals surface area (Å²) >= 11 is 9.51. The normalized spacial score (nSPS) is 16.2. The van der Waals surface area contributed by atoms with Gasteiger partial charge in [-0.3, -0.25) is 4.90 Å². The summed E-state index contributed by atoms with van der Waals surface area (Å²) in [5, 5.41) is 32.2. The van der Waals surface area contributed by atoms with E-state index in [1.807, 2.05) is 154 Å². The van der Waals surface area contributed by atoms with E-state index in [4.69, 9.17) is 27.5 Å². The molecular weight excluding hydrogens is 1420 g/mol. The first kappa shape index (κ1) is 79.9. The Bertz CT molecular complexity index is 5130. The summed E-state index contributed by atoms with van der Waals surface area (Å²) in [5.41, 5.74) is 19.8. The number of para-hydroxylation sites is 6. The number of nitrogens with zero attached hydrogens (tertiary/aromatic N) is 9. The van der Waals surface area contributed by atoms with Gasteiger partial charge in [-0.2, -0.15) is 10.2 Å². The van der Waals surface area contributed by atoms with Crippen LogP contribution in [-0.4, -0.2) is 55.0 Å². The van der Waals surface area contributed by atoms with Gasteiger partial charge < -0.3 is 10.8 Å². The summed E-state index contributed by atoms with van der Waals surface area (Å²) < 4.78 is 8.66. The number of aromatic nitrogens is 8. The molecule has 11 nitrogen and oxygen atoms in total. The molecule has 3 unspecified atom stereocenters. The third-order valence-electron chi connectivity index (χ3n) is 18.9. The molecule has 106 heavy (non-hydrogen) atoms. The minimum absolute atomic E-state index is 0. The van der Waals surface area contributed by atoms with E-state index in [2.05, 4.69) is 266 Å². The van der Waals surface area contributed by atoms with Crippen LogP contribution in [0.15, 0.2) is 302 Å². The second kappa shape index (κ2) is 33.2. The van der Waals surface area contributed by atoms with Crippen LogP contribution in [0.4, 0.5) is 23.1 Å². The fourth-order valence-corrected chi connectivity index (χ4v) is 20.9. The molecule has 2 N–H and O–H groups in total. The third-order valence-corrected chi connectivity index (χ3v) is 24.0. The van der Waals surface area contributed by atoms with Gasteiger partial charge in [0, 0.05) is 61.2 Å². The fraction of sp³-hybridized carbons (Fsp3) is 0.253. The number of fused-ring (bicyclic) bond motifs is 5. The Balaban J connectivity index is 0.000000150.